The standard InChI is InChI=1S/C22H29N5O3/c1-26-13-11-23-20(26)19(15-9-10-15)25-21(29)17-8-5-12-27(22(17)30)14-18(28)24-16-6-3-2-4-7-16/h5,8,11-13,15-16,19H,2-4,6-7,9-10,14H2,1H3,(H,24,28)(H,25,29)/t19-/m1/s1. The van der Waals surface area contributed by atoms with Crippen LogP contribution in [0, 0.1) is 5.92 Å². The van der Waals surface area contributed by atoms with Crippen LogP contribution in [-0.4, -0.2) is 32.0 Å². The van der Waals surface area contributed by atoms with Crippen molar-refractivity contribution in [1.82, 2.24) is 24.8 Å². The molecule has 2 saturated carbocycles. The maximum absolute atomic E-state index is 12.9. The van der Waals surface area contributed by atoms with Gasteiger partial charge in [-0.2, -0.15) is 0 Å². The van der Waals surface area contributed by atoms with Crippen molar-refractivity contribution >= 4 is 11.8 Å². The Bertz CT molecular complexity index is 969. The van der Waals surface area contributed by atoms with E-state index in [4.69, 9.17) is 0 Å². The van der Waals surface area contributed by atoms with Gasteiger partial charge < -0.3 is 19.8 Å². The zero-order valence-electron chi connectivity index (χ0n) is 17.3. The van der Waals surface area contributed by atoms with Crippen molar-refractivity contribution in [3.8, 4) is 0 Å². The Morgan fingerprint density at radius 2 is 1.93 bits per heavy atom. The van der Waals surface area contributed by atoms with Gasteiger partial charge in [0, 0.05) is 31.7 Å². The predicted octanol–water partition coefficient (Wildman–Crippen LogP) is 1.91. The Labute approximate surface area is 175 Å². The third-order valence-electron chi connectivity index (χ3n) is 6.07. The molecule has 2 aromatic heterocycles. The summed E-state index contributed by atoms with van der Waals surface area (Å²) in [5.74, 6) is 0.503. The number of carbonyl (C=O) groups is 2. The Morgan fingerprint density at radius 3 is 2.60 bits per heavy atom. The molecule has 2 fully saturated rings. The zero-order valence-corrected chi connectivity index (χ0v) is 17.3. The number of amides is 2. The normalized spacial score (nSPS) is 18.0. The number of hydrogen-bond donors (Lipinski definition) is 2. The van der Waals surface area contributed by atoms with Gasteiger partial charge in [0.1, 0.15) is 17.9 Å². The van der Waals surface area contributed by atoms with E-state index in [1.165, 1.54) is 17.1 Å². The molecule has 2 aromatic rings. The average molecular weight is 412 g/mol. The zero-order chi connectivity index (χ0) is 21.1. The smallest absolute Gasteiger partial charge is 0.263 e. The molecule has 8 nitrogen and oxygen atoms in total. The van der Waals surface area contributed by atoms with Gasteiger partial charge in [-0.1, -0.05) is 19.3 Å². The first-order chi connectivity index (χ1) is 14.5. The van der Waals surface area contributed by atoms with Gasteiger partial charge in [-0.05, 0) is 43.7 Å². The van der Waals surface area contributed by atoms with E-state index in [1.54, 1.807) is 18.5 Å². The SMILES string of the molecule is Cn1ccnc1[C@H](NC(=O)c1cccn(CC(=O)NC2CCCCC2)c1=O)C1CC1. The predicted molar refractivity (Wildman–Crippen MR) is 112 cm³/mol. The van der Waals surface area contributed by atoms with Crippen molar-refractivity contribution in [2.24, 2.45) is 13.0 Å². The highest BCUT2D eigenvalue weighted by Crippen LogP contribution is 2.40. The monoisotopic (exact) mass is 411 g/mol. The van der Waals surface area contributed by atoms with Crippen molar-refractivity contribution in [1.29, 1.82) is 0 Å². The summed E-state index contributed by atoms with van der Waals surface area (Å²) in [6.45, 7) is -0.0815. The molecule has 2 amide bonds. The molecule has 30 heavy (non-hydrogen) atoms. The molecule has 8 heteroatoms. The second-order valence-electron chi connectivity index (χ2n) is 8.44. The Morgan fingerprint density at radius 1 is 1.17 bits per heavy atom. The quantitative estimate of drug-likeness (QED) is 0.727. The summed E-state index contributed by atoms with van der Waals surface area (Å²) in [5.41, 5.74) is -0.411. The number of imidazole rings is 1. The number of carbonyl (C=O) groups excluding carboxylic acids is 2. The minimum Gasteiger partial charge on any atom is -0.352 e. The third kappa shape index (κ3) is 4.63. The lowest BCUT2D eigenvalue weighted by Crippen LogP contribution is -2.41. The van der Waals surface area contributed by atoms with Gasteiger partial charge in [0.25, 0.3) is 11.5 Å². The molecular weight excluding hydrogens is 382 g/mol. The summed E-state index contributed by atoms with van der Waals surface area (Å²) in [4.78, 5) is 42.5. The van der Waals surface area contributed by atoms with Crippen LogP contribution in [0.1, 0.15) is 67.2 Å². The Balaban J connectivity index is 1.45. The van der Waals surface area contributed by atoms with Gasteiger partial charge in [-0.15, -0.1) is 0 Å². The van der Waals surface area contributed by atoms with E-state index >= 15 is 0 Å². The van der Waals surface area contributed by atoms with Crippen molar-refractivity contribution in [3.05, 3.63) is 52.5 Å². The molecule has 2 heterocycles. The molecular formula is C22H29N5O3. The van der Waals surface area contributed by atoms with Gasteiger partial charge in [-0.25, -0.2) is 4.98 Å². The third-order valence-corrected chi connectivity index (χ3v) is 6.07. The lowest BCUT2D eigenvalue weighted by atomic mass is 9.95. The number of nitrogens with zero attached hydrogens (tertiary/aromatic N) is 3. The van der Waals surface area contributed by atoms with Gasteiger partial charge in [-0.3, -0.25) is 14.4 Å². The van der Waals surface area contributed by atoms with E-state index in [2.05, 4.69) is 15.6 Å². The maximum atomic E-state index is 12.9. The van der Waals surface area contributed by atoms with Crippen molar-refractivity contribution in [3.63, 3.8) is 0 Å². The number of hydrogen-bond acceptors (Lipinski definition) is 4. The fourth-order valence-electron chi connectivity index (χ4n) is 4.23. The summed E-state index contributed by atoms with van der Waals surface area (Å²) in [6.07, 6.45) is 12.6. The molecule has 0 saturated heterocycles. The maximum Gasteiger partial charge on any atom is 0.263 e. The first-order valence-corrected chi connectivity index (χ1v) is 10.8. The summed E-state index contributed by atoms with van der Waals surface area (Å²) < 4.78 is 3.20. The lowest BCUT2D eigenvalue weighted by molar-refractivity contribution is -0.122. The van der Waals surface area contributed by atoms with Crippen LogP contribution in [0.5, 0.6) is 0 Å². The molecule has 2 aliphatic rings. The highest BCUT2D eigenvalue weighted by molar-refractivity contribution is 5.94. The second kappa shape index (κ2) is 8.85. The summed E-state index contributed by atoms with van der Waals surface area (Å²) in [6, 6.07) is 3.11. The van der Waals surface area contributed by atoms with E-state index < -0.39 is 11.5 Å². The van der Waals surface area contributed by atoms with Gasteiger partial charge in [0.05, 0.1) is 6.04 Å². The molecule has 0 radical (unpaired) electrons. The number of rotatable bonds is 7. The van der Waals surface area contributed by atoms with Crippen LogP contribution in [0.2, 0.25) is 0 Å². The van der Waals surface area contributed by atoms with Crippen LogP contribution in [-0.2, 0) is 18.4 Å². The molecule has 0 spiro atoms. The number of pyridine rings is 1. The fraction of sp³-hybridized carbons (Fsp3) is 0.545. The fourth-order valence-corrected chi connectivity index (χ4v) is 4.23. The van der Waals surface area contributed by atoms with Crippen LogP contribution in [0.25, 0.3) is 0 Å². The molecule has 1 atom stereocenters. The van der Waals surface area contributed by atoms with E-state index in [1.807, 2.05) is 17.8 Å². The topological polar surface area (TPSA) is 98.0 Å². The van der Waals surface area contributed by atoms with Crippen molar-refractivity contribution in [2.45, 2.75) is 63.6 Å². The first kappa shape index (κ1) is 20.4. The summed E-state index contributed by atoms with van der Waals surface area (Å²) >= 11 is 0. The van der Waals surface area contributed by atoms with Crippen molar-refractivity contribution < 1.29 is 9.59 Å². The lowest BCUT2D eigenvalue weighted by Gasteiger charge is -2.23. The highest BCUT2D eigenvalue weighted by Gasteiger charge is 2.36. The van der Waals surface area contributed by atoms with E-state index in [0.717, 1.165) is 44.3 Å². The van der Waals surface area contributed by atoms with Crippen LogP contribution in [0.3, 0.4) is 0 Å². The van der Waals surface area contributed by atoms with E-state index in [9.17, 15) is 14.4 Å². The molecule has 2 N–H and O–H groups in total. The molecule has 0 unspecified atom stereocenters. The highest BCUT2D eigenvalue weighted by atomic mass is 16.2. The van der Waals surface area contributed by atoms with E-state index in [0.29, 0.717) is 5.92 Å². The largest absolute Gasteiger partial charge is 0.352 e. The Kier molecular flexibility index (Phi) is 6.01. The molecule has 0 bridgehead atoms. The number of aryl methyl sites for hydroxylation is 1. The molecule has 0 aliphatic heterocycles. The first-order valence-electron chi connectivity index (χ1n) is 10.8. The van der Waals surface area contributed by atoms with Gasteiger partial charge in [0.2, 0.25) is 5.91 Å². The molecule has 160 valence electrons. The van der Waals surface area contributed by atoms with Crippen molar-refractivity contribution in [2.75, 3.05) is 0 Å². The van der Waals surface area contributed by atoms with Crippen LogP contribution in [0.4, 0.5) is 0 Å². The minimum atomic E-state index is -0.455. The minimum absolute atomic E-state index is 0.0443. The average Bonchev–Trinajstić information content (AvgIpc) is 3.49. The molecule has 4 rings (SSSR count). The van der Waals surface area contributed by atoms with Crippen LogP contribution in [0.15, 0.2) is 35.5 Å². The number of aromatic nitrogens is 3. The van der Waals surface area contributed by atoms with Gasteiger partial charge >= 0.3 is 0 Å². The van der Waals surface area contributed by atoms with Gasteiger partial charge in [0.15, 0.2) is 0 Å². The van der Waals surface area contributed by atoms with E-state index in [-0.39, 0.29) is 30.1 Å². The van der Waals surface area contributed by atoms with Crippen LogP contribution < -0.4 is 16.2 Å². The summed E-state index contributed by atoms with van der Waals surface area (Å²) in [5, 5.41) is 6.00. The second-order valence-corrected chi connectivity index (χ2v) is 8.44. The molecule has 2 aliphatic carbocycles. The van der Waals surface area contributed by atoms with Crippen LogP contribution >= 0.6 is 0 Å². The summed E-state index contributed by atoms with van der Waals surface area (Å²) in [7, 11) is 1.89. The number of nitrogens with one attached hydrogen (secondary N) is 2. The Hall–Kier alpha value is -2.90. The molecule has 0 aromatic carbocycles.